The van der Waals surface area contributed by atoms with Crippen LogP contribution in [0.2, 0.25) is 5.02 Å². The number of rotatable bonds is 8. The summed E-state index contributed by atoms with van der Waals surface area (Å²) < 4.78 is 19.9. The molecule has 250 valence electrons. The minimum absolute atomic E-state index is 0.138. The molecule has 0 radical (unpaired) electrons. The zero-order chi connectivity index (χ0) is 33.9. The fraction of sp³-hybridized carbons (Fsp3) is 0.371. The van der Waals surface area contributed by atoms with Crippen molar-refractivity contribution >= 4 is 61.9 Å². The average molecular weight is 690 g/mol. The van der Waals surface area contributed by atoms with E-state index in [1.54, 1.807) is 26.6 Å². The first kappa shape index (κ1) is 32.5. The second-order valence-electron chi connectivity index (χ2n) is 13.0. The number of anilines is 1. The van der Waals surface area contributed by atoms with Crippen LogP contribution in [0.1, 0.15) is 38.0 Å². The molecule has 3 aromatic carbocycles. The molecule has 2 saturated heterocycles. The zero-order valence-corrected chi connectivity index (χ0v) is 28.9. The Hall–Kier alpha value is -4.07. The third-order valence-corrected chi connectivity index (χ3v) is 9.90. The fourth-order valence-electron chi connectivity index (χ4n) is 6.38. The number of nitrogens with zero attached hydrogens (tertiary/aromatic N) is 5. The minimum Gasteiger partial charge on any atom is -0.479 e. The summed E-state index contributed by atoms with van der Waals surface area (Å²) in [7, 11) is 1.86. The van der Waals surface area contributed by atoms with Crippen LogP contribution < -0.4 is 4.90 Å². The average Bonchev–Trinajstić information content (AvgIpc) is 3.83. The Bertz CT molecular complexity index is 2050. The highest BCUT2D eigenvalue weighted by Crippen LogP contribution is 2.45. The van der Waals surface area contributed by atoms with Gasteiger partial charge in [0.1, 0.15) is 5.01 Å². The first-order valence-electron chi connectivity index (χ1n) is 15.8. The van der Waals surface area contributed by atoms with Crippen molar-refractivity contribution in [1.82, 2.24) is 19.7 Å². The summed E-state index contributed by atoms with van der Waals surface area (Å²) in [6, 6.07) is 15.2. The smallest absolute Gasteiger partial charge is 0.337 e. The van der Waals surface area contributed by atoms with Crippen molar-refractivity contribution in [2.75, 3.05) is 37.7 Å². The van der Waals surface area contributed by atoms with Crippen molar-refractivity contribution in [3.8, 4) is 21.7 Å². The molecule has 0 spiro atoms. The third kappa shape index (κ3) is 6.03. The van der Waals surface area contributed by atoms with Gasteiger partial charge in [-0.2, -0.15) is 5.10 Å². The van der Waals surface area contributed by atoms with E-state index in [1.807, 2.05) is 71.1 Å². The van der Waals surface area contributed by atoms with Gasteiger partial charge in [0, 0.05) is 47.2 Å². The van der Waals surface area contributed by atoms with Crippen molar-refractivity contribution in [1.29, 1.82) is 0 Å². The fourth-order valence-corrected chi connectivity index (χ4v) is 7.63. The molecule has 48 heavy (non-hydrogen) atoms. The molecule has 2 fully saturated rings. The van der Waals surface area contributed by atoms with Gasteiger partial charge in [0.15, 0.2) is 18.2 Å². The maximum Gasteiger partial charge on any atom is 0.337 e. The van der Waals surface area contributed by atoms with Crippen molar-refractivity contribution in [3.05, 3.63) is 64.7 Å². The monoisotopic (exact) mass is 689 g/mol. The Balaban J connectivity index is 1.33. The lowest BCUT2D eigenvalue weighted by Crippen LogP contribution is -2.37. The number of carboxylic acids is 1. The standard InChI is InChI=1S/C35H36ClN5O6S/c1-19-16-24-30(28(20-6-9-22(36)10-7-20)27(19)29(33(42)43)47-35(2,3)4)48-32(37-24)21-8-11-25-23(17-21)31(38-39(25)5)41-13-12-40(34(41)44)18-26-45-14-15-46-26/h6-11,16-17,26,29H,12-15,18H2,1-5H3,(H,42,43). The van der Waals surface area contributed by atoms with Crippen molar-refractivity contribution in [2.24, 2.45) is 7.05 Å². The van der Waals surface area contributed by atoms with Crippen molar-refractivity contribution < 1.29 is 28.9 Å². The predicted octanol–water partition coefficient (Wildman–Crippen LogP) is 7.03. The molecular weight excluding hydrogens is 654 g/mol. The van der Waals surface area contributed by atoms with Gasteiger partial charge < -0.3 is 24.2 Å². The highest BCUT2D eigenvalue weighted by atomic mass is 35.5. The Morgan fingerprint density at radius 2 is 1.81 bits per heavy atom. The number of thiazole rings is 1. The van der Waals surface area contributed by atoms with E-state index in [-0.39, 0.29) is 6.03 Å². The molecule has 2 amide bonds. The number of aromatic nitrogens is 3. The molecule has 7 rings (SSSR count). The van der Waals surface area contributed by atoms with Crippen LogP contribution in [-0.2, 0) is 26.1 Å². The lowest BCUT2D eigenvalue weighted by molar-refractivity contribution is -0.160. The molecule has 0 aliphatic carbocycles. The minimum atomic E-state index is -1.20. The van der Waals surface area contributed by atoms with Crippen LogP contribution in [0.5, 0.6) is 0 Å². The van der Waals surface area contributed by atoms with Gasteiger partial charge in [0.25, 0.3) is 0 Å². The number of amides is 2. The van der Waals surface area contributed by atoms with Gasteiger partial charge in [0.05, 0.1) is 41.1 Å². The number of carboxylic acid groups (broad SMARTS) is 1. The first-order valence-corrected chi connectivity index (χ1v) is 16.9. The number of benzene rings is 3. The number of aryl methyl sites for hydroxylation is 2. The van der Waals surface area contributed by atoms with Gasteiger partial charge in [-0.05, 0) is 75.2 Å². The Morgan fingerprint density at radius 1 is 1.10 bits per heavy atom. The number of hydrogen-bond acceptors (Lipinski definition) is 8. The Kier molecular flexibility index (Phi) is 8.41. The van der Waals surface area contributed by atoms with Crippen LogP contribution in [-0.4, -0.2) is 81.5 Å². The number of aliphatic carboxylic acids is 1. The van der Waals surface area contributed by atoms with Crippen molar-refractivity contribution in [2.45, 2.75) is 45.7 Å². The number of carbonyl (C=O) groups is 2. The number of fused-ring (bicyclic) bond motifs is 2. The third-order valence-electron chi connectivity index (χ3n) is 8.51. The first-order chi connectivity index (χ1) is 22.9. The summed E-state index contributed by atoms with van der Waals surface area (Å²) in [5, 5.41) is 17.3. The van der Waals surface area contributed by atoms with Gasteiger partial charge in [-0.1, -0.05) is 23.7 Å². The molecule has 2 aliphatic heterocycles. The number of carbonyl (C=O) groups excluding carboxylic acids is 1. The second kappa shape index (κ2) is 12.4. The van der Waals surface area contributed by atoms with Crippen LogP contribution in [0.4, 0.5) is 10.6 Å². The molecule has 13 heteroatoms. The predicted molar refractivity (Wildman–Crippen MR) is 186 cm³/mol. The zero-order valence-electron chi connectivity index (χ0n) is 27.3. The second-order valence-corrected chi connectivity index (χ2v) is 14.5. The largest absolute Gasteiger partial charge is 0.479 e. The van der Waals surface area contributed by atoms with E-state index in [2.05, 4.69) is 0 Å². The normalized spacial score (nSPS) is 16.6. The topological polar surface area (TPSA) is 119 Å². The molecule has 11 nitrogen and oxygen atoms in total. The molecule has 0 bridgehead atoms. The highest BCUT2D eigenvalue weighted by molar-refractivity contribution is 7.22. The summed E-state index contributed by atoms with van der Waals surface area (Å²) in [5.74, 6) is -0.486. The molecule has 2 aromatic heterocycles. The maximum atomic E-state index is 13.5. The van der Waals surface area contributed by atoms with Crippen LogP contribution in [0, 0.1) is 6.92 Å². The summed E-state index contributed by atoms with van der Waals surface area (Å²) in [5.41, 5.74) is 4.69. The van der Waals surface area contributed by atoms with Gasteiger partial charge in [-0.25, -0.2) is 14.6 Å². The van der Waals surface area contributed by atoms with Crippen molar-refractivity contribution in [3.63, 3.8) is 0 Å². The summed E-state index contributed by atoms with van der Waals surface area (Å²) in [4.78, 5) is 34.7. The quantitative estimate of drug-likeness (QED) is 0.184. The molecule has 5 aromatic rings. The van der Waals surface area contributed by atoms with Crippen LogP contribution in [0.3, 0.4) is 0 Å². The van der Waals surface area contributed by atoms with Crippen LogP contribution in [0.25, 0.3) is 42.8 Å². The van der Waals surface area contributed by atoms with Crippen LogP contribution in [0.15, 0.2) is 48.5 Å². The number of halogens is 1. The van der Waals surface area contributed by atoms with Gasteiger partial charge in [-0.3, -0.25) is 9.58 Å². The Morgan fingerprint density at radius 3 is 2.50 bits per heavy atom. The molecular formula is C35H36ClN5O6S. The summed E-state index contributed by atoms with van der Waals surface area (Å²) in [6.45, 7) is 9.91. The van der Waals surface area contributed by atoms with Crippen LogP contribution >= 0.6 is 22.9 Å². The summed E-state index contributed by atoms with van der Waals surface area (Å²) in [6.07, 6.45) is -1.61. The summed E-state index contributed by atoms with van der Waals surface area (Å²) >= 11 is 7.74. The van der Waals surface area contributed by atoms with E-state index in [1.165, 1.54) is 11.3 Å². The van der Waals surface area contributed by atoms with E-state index in [4.69, 9.17) is 35.9 Å². The molecule has 1 unspecified atom stereocenters. The number of hydrogen-bond donors (Lipinski definition) is 1. The number of urea groups is 1. The lowest BCUT2D eigenvalue weighted by atomic mass is 9.91. The van der Waals surface area contributed by atoms with E-state index in [0.29, 0.717) is 49.3 Å². The molecule has 4 heterocycles. The molecule has 1 N–H and O–H groups in total. The number of ether oxygens (including phenoxy) is 3. The molecule has 1 atom stereocenters. The maximum absolute atomic E-state index is 13.5. The van der Waals surface area contributed by atoms with E-state index in [9.17, 15) is 14.7 Å². The SMILES string of the molecule is Cc1cc2nc(-c3ccc4c(c3)c(N3CCN(CC5OCCO5)C3=O)nn4C)sc2c(-c2ccc(Cl)cc2)c1C(OC(C)(C)C)C(=O)O. The highest BCUT2D eigenvalue weighted by Gasteiger charge is 2.36. The molecule has 0 saturated carbocycles. The van der Waals surface area contributed by atoms with E-state index >= 15 is 0 Å². The van der Waals surface area contributed by atoms with Gasteiger partial charge >= 0.3 is 12.0 Å². The Labute approximate surface area is 286 Å². The van der Waals surface area contributed by atoms with Gasteiger partial charge in [0.2, 0.25) is 0 Å². The van der Waals surface area contributed by atoms with Gasteiger partial charge in [-0.15, -0.1) is 11.3 Å². The van der Waals surface area contributed by atoms with E-state index in [0.717, 1.165) is 48.4 Å². The van der Waals surface area contributed by atoms with E-state index < -0.39 is 24.0 Å². The lowest BCUT2D eigenvalue weighted by Gasteiger charge is -2.28. The molecule has 2 aliphatic rings.